The molecule has 0 saturated heterocycles. The van der Waals surface area contributed by atoms with E-state index in [9.17, 15) is 4.39 Å². The lowest BCUT2D eigenvalue weighted by Crippen LogP contribution is -2.23. The third kappa shape index (κ3) is 3.45. The summed E-state index contributed by atoms with van der Waals surface area (Å²) in [7, 11) is 0. The maximum Gasteiger partial charge on any atom is 0.129 e. The monoisotopic (exact) mass is 356 g/mol. The Morgan fingerprint density at radius 3 is 2.70 bits per heavy atom. The summed E-state index contributed by atoms with van der Waals surface area (Å²) in [4.78, 5) is 4.65. The molecule has 0 bridgehead atoms. The van der Waals surface area contributed by atoms with Crippen LogP contribution in [0.5, 0.6) is 0 Å². The summed E-state index contributed by atoms with van der Waals surface area (Å²) in [5, 5.41) is 6.29. The Hall–Kier alpha value is -0.780. The first-order valence-corrected chi connectivity index (χ1v) is 8.33. The van der Waals surface area contributed by atoms with Gasteiger partial charge in [-0.3, -0.25) is 0 Å². The fraction of sp³-hybridized carbons (Fsp3) is 0.400. The van der Waals surface area contributed by atoms with Crippen molar-refractivity contribution in [3.8, 4) is 0 Å². The number of benzene rings is 1. The van der Waals surface area contributed by atoms with Gasteiger partial charge in [-0.05, 0) is 24.6 Å². The van der Waals surface area contributed by atoms with Crippen LogP contribution in [0.4, 0.5) is 4.39 Å². The van der Waals surface area contributed by atoms with Crippen LogP contribution in [0.3, 0.4) is 0 Å². The first-order valence-electron chi connectivity index (χ1n) is 6.66. The fourth-order valence-electron chi connectivity index (χ4n) is 1.97. The molecule has 1 atom stereocenters. The maximum absolute atomic E-state index is 14.2. The van der Waals surface area contributed by atoms with Crippen molar-refractivity contribution >= 4 is 27.3 Å². The standard InChI is InChI=1S/C15H18BrFN2S/c1-4-18-14(11-6-5-10(16)7-12(11)17)15-19-13(8-20-15)9(2)3/h5-9,14,18H,4H2,1-3H3. The molecule has 0 radical (unpaired) electrons. The largest absolute Gasteiger partial charge is 0.304 e. The third-order valence-electron chi connectivity index (χ3n) is 3.06. The zero-order valence-corrected chi connectivity index (χ0v) is 14.2. The van der Waals surface area contributed by atoms with E-state index in [2.05, 4.69) is 45.5 Å². The molecule has 20 heavy (non-hydrogen) atoms. The van der Waals surface area contributed by atoms with Gasteiger partial charge < -0.3 is 5.32 Å². The molecule has 5 heteroatoms. The highest BCUT2D eigenvalue weighted by atomic mass is 79.9. The van der Waals surface area contributed by atoms with Gasteiger partial charge in [-0.2, -0.15) is 0 Å². The number of thiazole rings is 1. The lowest BCUT2D eigenvalue weighted by atomic mass is 10.1. The van der Waals surface area contributed by atoms with Crippen LogP contribution in [0.25, 0.3) is 0 Å². The van der Waals surface area contributed by atoms with E-state index in [1.807, 2.05) is 19.1 Å². The zero-order valence-electron chi connectivity index (χ0n) is 11.8. The van der Waals surface area contributed by atoms with Gasteiger partial charge in [-0.15, -0.1) is 11.3 Å². The second kappa shape index (κ2) is 6.78. The summed E-state index contributed by atoms with van der Waals surface area (Å²) in [5.41, 5.74) is 1.70. The average molecular weight is 357 g/mol. The van der Waals surface area contributed by atoms with E-state index in [1.165, 1.54) is 6.07 Å². The molecular formula is C15H18BrFN2S. The van der Waals surface area contributed by atoms with Crippen LogP contribution in [0, 0.1) is 5.82 Å². The van der Waals surface area contributed by atoms with Gasteiger partial charge in [-0.1, -0.05) is 42.8 Å². The molecule has 0 saturated carbocycles. The van der Waals surface area contributed by atoms with Crippen LogP contribution in [-0.2, 0) is 0 Å². The highest BCUT2D eigenvalue weighted by Gasteiger charge is 2.21. The molecule has 2 rings (SSSR count). The first kappa shape index (κ1) is 15.6. The fourth-order valence-corrected chi connectivity index (χ4v) is 3.37. The predicted molar refractivity (Wildman–Crippen MR) is 85.8 cm³/mol. The molecule has 1 unspecified atom stereocenters. The summed E-state index contributed by atoms with van der Waals surface area (Å²) in [6, 6.07) is 4.98. The minimum atomic E-state index is -0.216. The normalized spacial score (nSPS) is 12.9. The molecule has 0 spiro atoms. The molecule has 2 nitrogen and oxygen atoms in total. The molecule has 1 aromatic carbocycles. The van der Waals surface area contributed by atoms with E-state index in [4.69, 9.17) is 0 Å². The number of nitrogens with one attached hydrogen (secondary N) is 1. The Kier molecular flexibility index (Phi) is 5.29. The topological polar surface area (TPSA) is 24.9 Å². The predicted octanol–water partition coefficient (Wildman–Crippen LogP) is 4.87. The van der Waals surface area contributed by atoms with Crippen LogP contribution in [0.15, 0.2) is 28.1 Å². The van der Waals surface area contributed by atoms with Gasteiger partial charge in [0.05, 0.1) is 11.7 Å². The summed E-state index contributed by atoms with van der Waals surface area (Å²) < 4.78 is 14.9. The van der Waals surface area contributed by atoms with E-state index in [0.717, 1.165) is 21.7 Å². The Morgan fingerprint density at radius 1 is 1.40 bits per heavy atom. The Balaban J connectivity index is 2.39. The van der Waals surface area contributed by atoms with Gasteiger partial charge in [0.2, 0.25) is 0 Å². The lowest BCUT2D eigenvalue weighted by molar-refractivity contribution is 0.556. The van der Waals surface area contributed by atoms with Crippen LogP contribution in [0.2, 0.25) is 0 Å². The quantitative estimate of drug-likeness (QED) is 0.826. The van der Waals surface area contributed by atoms with Gasteiger partial charge >= 0.3 is 0 Å². The van der Waals surface area contributed by atoms with Crippen LogP contribution in [0.1, 0.15) is 49.0 Å². The van der Waals surface area contributed by atoms with E-state index in [0.29, 0.717) is 11.5 Å². The van der Waals surface area contributed by atoms with Crippen molar-refractivity contribution < 1.29 is 4.39 Å². The number of halogens is 2. The van der Waals surface area contributed by atoms with E-state index < -0.39 is 0 Å². The molecule has 1 N–H and O–H groups in total. The summed E-state index contributed by atoms with van der Waals surface area (Å²) in [6.45, 7) is 7.00. The van der Waals surface area contributed by atoms with Crippen molar-refractivity contribution in [2.75, 3.05) is 6.54 Å². The van der Waals surface area contributed by atoms with Gasteiger partial charge in [-0.25, -0.2) is 9.37 Å². The van der Waals surface area contributed by atoms with Crippen molar-refractivity contribution in [2.24, 2.45) is 0 Å². The van der Waals surface area contributed by atoms with Crippen LogP contribution >= 0.6 is 27.3 Å². The number of nitrogens with zero attached hydrogens (tertiary/aromatic N) is 1. The van der Waals surface area contributed by atoms with Crippen molar-refractivity contribution in [1.29, 1.82) is 0 Å². The molecule has 0 aliphatic rings. The van der Waals surface area contributed by atoms with E-state index in [-0.39, 0.29) is 11.9 Å². The Morgan fingerprint density at radius 2 is 2.15 bits per heavy atom. The first-order chi connectivity index (χ1) is 9.52. The third-order valence-corrected chi connectivity index (χ3v) is 4.48. The lowest BCUT2D eigenvalue weighted by Gasteiger charge is -2.17. The van der Waals surface area contributed by atoms with Gasteiger partial charge in [0.25, 0.3) is 0 Å². The van der Waals surface area contributed by atoms with Gasteiger partial charge in [0, 0.05) is 15.4 Å². The molecule has 1 aromatic heterocycles. The highest BCUT2D eigenvalue weighted by Crippen LogP contribution is 2.30. The molecular weight excluding hydrogens is 339 g/mol. The van der Waals surface area contributed by atoms with Gasteiger partial charge in [0.1, 0.15) is 10.8 Å². The van der Waals surface area contributed by atoms with E-state index >= 15 is 0 Å². The number of aromatic nitrogens is 1. The van der Waals surface area contributed by atoms with Gasteiger partial charge in [0.15, 0.2) is 0 Å². The second-order valence-electron chi connectivity index (χ2n) is 4.92. The minimum Gasteiger partial charge on any atom is -0.304 e. The van der Waals surface area contributed by atoms with Crippen molar-refractivity contribution in [1.82, 2.24) is 10.3 Å². The number of rotatable bonds is 5. The minimum absolute atomic E-state index is 0.189. The number of hydrogen-bond acceptors (Lipinski definition) is 3. The summed E-state index contributed by atoms with van der Waals surface area (Å²) in [6.07, 6.45) is 0. The Bertz CT molecular complexity index is 583. The molecule has 0 aliphatic heterocycles. The Labute approximate surface area is 131 Å². The average Bonchev–Trinajstić information content (AvgIpc) is 2.86. The number of hydrogen-bond donors (Lipinski definition) is 1. The molecule has 0 fully saturated rings. The van der Waals surface area contributed by atoms with Crippen molar-refractivity contribution in [2.45, 2.75) is 32.7 Å². The smallest absolute Gasteiger partial charge is 0.129 e. The van der Waals surface area contributed by atoms with Crippen LogP contribution in [-0.4, -0.2) is 11.5 Å². The molecule has 0 aliphatic carbocycles. The highest BCUT2D eigenvalue weighted by molar-refractivity contribution is 9.10. The molecule has 1 heterocycles. The van der Waals surface area contributed by atoms with E-state index in [1.54, 1.807) is 11.3 Å². The zero-order chi connectivity index (χ0) is 14.7. The van der Waals surface area contributed by atoms with Crippen LogP contribution < -0.4 is 5.32 Å². The SMILES string of the molecule is CCNC(c1nc(C(C)C)cs1)c1ccc(Br)cc1F. The van der Waals surface area contributed by atoms with Crippen molar-refractivity contribution in [3.63, 3.8) is 0 Å². The maximum atomic E-state index is 14.2. The summed E-state index contributed by atoms with van der Waals surface area (Å²) in [5.74, 6) is 0.170. The van der Waals surface area contributed by atoms with Crippen molar-refractivity contribution in [3.05, 3.63) is 50.1 Å². The summed E-state index contributed by atoms with van der Waals surface area (Å²) >= 11 is 4.87. The second-order valence-corrected chi connectivity index (χ2v) is 6.73. The molecule has 108 valence electrons. The molecule has 0 amide bonds. The molecule has 2 aromatic rings.